The van der Waals surface area contributed by atoms with E-state index in [1.807, 2.05) is 0 Å². The molecule has 0 atom stereocenters. The molecule has 6 bridgehead atoms. The van der Waals surface area contributed by atoms with Crippen molar-refractivity contribution in [2.24, 2.45) is 0 Å². The molecule has 0 aliphatic carbocycles. The van der Waals surface area contributed by atoms with E-state index in [4.69, 9.17) is 0 Å². The van der Waals surface area contributed by atoms with Crippen molar-refractivity contribution in [3.8, 4) is 0 Å². The summed E-state index contributed by atoms with van der Waals surface area (Å²) in [5.41, 5.74) is 0. The predicted molar refractivity (Wildman–Crippen MR) is 228 cm³/mol. The summed E-state index contributed by atoms with van der Waals surface area (Å²) >= 11 is 0. The highest BCUT2D eigenvalue weighted by Crippen LogP contribution is 2.44. The first-order chi connectivity index (χ1) is 25.8. The Morgan fingerprint density at radius 2 is 0.269 bits per heavy atom. The molecule has 240 valence electrons. The minimum absolute atomic E-state index is 1.21. The molecule has 12 aromatic carbocycles. The van der Waals surface area contributed by atoms with E-state index in [-0.39, 0.29) is 0 Å². The maximum atomic E-state index is 2.34. The molecule has 0 unspecified atom stereocenters. The zero-order valence-corrected chi connectivity index (χ0v) is 28.5. The number of fused-ring (bicyclic) bond motifs is 4. The summed E-state index contributed by atoms with van der Waals surface area (Å²) in [5.74, 6) is 0. The van der Waals surface area contributed by atoms with Crippen molar-refractivity contribution in [1.82, 2.24) is 0 Å². The smallest absolute Gasteiger partial charge is 0.00201 e. The average molecular weight is 657 g/mol. The van der Waals surface area contributed by atoms with Gasteiger partial charge in [-0.25, -0.2) is 0 Å². The van der Waals surface area contributed by atoms with Gasteiger partial charge in [-0.3, -0.25) is 0 Å². The van der Waals surface area contributed by atoms with Gasteiger partial charge in [0, 0.05) is 0 Å². The number of hydrogen-bond donors (Lipinski definition) is 0. The van der Waals surface area contributed by atoms with E-state index >= 15 is 0 Å². The highest BCUT2D eigenvalue weighted by atomic mass is 14.2. The molecule has 0 heterocycles. The summed E-state index contributed by atoms with van der Waals surface area (Å²) in [4.78, 5) is 0. The second kappa shape index (κ2) is 11.4. The summed E-state index contributed by atoms with van der Waals surface area (Å²) < 4.78 is 0. The Balaban J connectivity index is 1.59. The third kappa shape index (κ3) is 4.16. The van der Waals surface area contributed by atoms with Crippen LogP contribution in [0.2, 0.25) is 0 Å². The van der Waals surface area contributed by atoms with E-state index in [0.717, 1.165) is 0 Å². The Hall–Kier alpha value is -6.76. The van der Waals surface area contributed by atoms with Crippen LogP contribution in [-0.4, -0.2) is 0 Å². The van der Waals surface area contributed by atoms with Crippen molar-refractivity contribution in [2.75, 3.05) is 0 Å². The summed E-state index contributed by atoms with van der Waals surface area (Å²) in [6.07, 6.45) is 0. The monoisotopic (exact) mass is 656 g/mol. The lowest BCUT2D eigenvalue weighted by Gasteiger charge is -2.15. The van der Waals surface area contributed by atoms with Gasteiger partial charge in [0.2, 0.25) is 0 Å². The van der Waals surface area contributed by atoms with Crippen molar-refractivity contribution in [1.29, 1.82) is 0 Å². The number of rotatable bonds is 0. The third-order valence-corrected chi connectivity index (χ3v) is 11.2. The second-order valence-corrected chi connectivity index (χ2v) is 13.9. The van der Waals surface area contributed by atoms with Gasteiger partial charge < -0.3 is 0 Å². The van der Waals surface area contributed by atoms with Crippen LogP contribution in [0.15, 0.2) is 194 Å². The molecule has 0 saturated heterocycles. The molecule has 0 heteroatoms. The van der Waals surface area contributed by atoms with Crippen molar-refractivity contribution in [3.05, 3.63) is 194 Å². The van der Waals surface area contributed by atoms with Crippen molar-refractivity contribution in [3.63, 3.8) is 0 Å². The fourth-order valence-electron chi connectivity index (χ4n) is 9.07. The molecule has 0 saturated carbocycles. The van der Waals surface area contributed by atoms with Gasteiger partial charge in [-0.1, -0.05) is 194 Å². The Bertz CT molecular complexity index is 3040. The zero-order chi connectivity index (χ0) is 34.2. The van der Waals surface area contributed by atoms with Gasteiger partial charge in [0.15, 0.2) is 0 Å². The molecule has 0 aliphatic heterocycles. The van der Waals surface area contributed by atoms with Crippen LogP contribution in [-0.2, 0) is 0 Å². The summed E-state index contributed by atoms with van der Waals surface area (Å²) in [6, 6.07) is 72.3. The van der Waals surface area contributed by atoms with Gasteiger partial charge in [-0.2, -0.15) is 0 Å². The molecule has 0 amide bonds. The molecular formula is C52H32. The minimum Gasteiger partial charge on any atom is -0.0616 e. The normalized spacial score (nSPS) is 11.8. The van der Waals surface area contributed by atoms with E-state index in [0.29, 0.717) is 0 Å². The molecule has 52 heavy (non-hydrogen) atoms. The first-order valence-corrected chi connectivity index (χ1v) is 18.1. The standard InChI is InChI=1S/C52H32/c1-3-17-37-35(15-1)33-29-31-34(32-30-33)36-16-2-4-18-38(36)50-41-21-7-11-25-45(41)52(46-26-12-8-22-42(46)50)48-28-14-13-27-47(48)51-43-23-9-5-19-39(43)49(37)40-20-6-10-24-44(40)51/h1-32H. The van der Waals surface area contributed by atoms with Gasteiger partial charge in [0.1, 0.15) is 0 Å². The van der Waals surface area contributed by atoms with Crippen LogP contribution in [0.3, 0.4) is 0 Å². The van der Waals surface area contributed by atoms with E-state index < -0.39 is 0 Å². The fourth-order valence-corrected chi connectivity index (χ4v) is 9.07. The molecule has 12 rings (SSSR count). The first-order valence-electron chi connectivity index (χ1n) is 18.1. The fraction of sp³-hybridized carbons (Fsp3) is 0. The molecule has 0 radical (unpaired) electrons. The quantitative estimate of drug-likeness (QED) is 0.143. The molecule has 0 fully saturated rings. The Morgan fingerprint density at radius 1 is 0.135 bits per heavy atom. The third-order valence-electron chi connectivity index (χ3n) is 11.2. The Labute approximate surface area is 300 Å². The van der Waals surface area contributed by atoms with Crippen LogP contribution in [0.25, 0.3) is 108 Å². The summed E-state index contributed by atoms with van der Waals surface area (Å²) in [6.45, 7) is 0. The van der Waals surface area contributed by atoms with Crippen LogP contribution < -0.4 is 0 Å². The van der Waals surface area contributed by atoms with Gasteiger partial charge >= 0.3 is 0 Å². The minimum atomic E-state index is 1.21. The largest absolute Gasteiger partial charge is 0.0616 e. The summed E-state index contributed by atoms with van der Waals surface area (Å²) in [5, 5.41) is 25.0. The van der Waals surface area contributed by atoms with Crippen LogP contribution >= 0.6 is 0 Å². The van der Waals surface area contributed by atoms with Crippen molar-refractivity contribution >= 4 is 108 Å². The van der Waals surface area contributed by atoms with Crippen molar-refractivity contribution in [2.45, 2.75) is 0 Å². The van der Waals surface area contributed by atoms with Crippen LogP contribution in [0.4, 0.5) is 0 Å². The van der Waals surface area contributed by atoms with E-state index in [1.54, 1.807) is 0 Å². The SMILES string of the molecule is c1ccc2c(c1)c1ccc(cc1)c1ccccc1c1c3ccccc3c(c3ccccc31)c1ccccc1c1c3ccccc3c2c2ccccc21. The molecular weight excluding hydrogens is 625 g/mol. The molecule has 12 aromatic rings. The van der Waals surface area contributed by atoms with Gasteiger partial charge in [0.05, 0.1) is 0 Å². The molecule has 0 N–H and O–H groups in total. The van der Waals surface area contributed by atoms with Crippen LogP contribution in [0.5, 0.6) is 0 Å². The van der Waals surface area contributed by atoms with E-state index in [1.165, 1.54) is 108 Å². The lowest BCUT2D eigenvalue weighted by atomic mass is 9.88. The zero-order valence-electron chi connectivity index (χ0n) is 28.5. The molecule has 0 aliphatic rings. The maximum absolute atomic E-state index is 2.34. The molecule has 0 spiro atoms. The van der Waals surface area contributed by atoms with Gasteiger partial charge in [-0.15, -0.1) is 0 Å². The van der Waals surface area contributed by atoms with E-state index in [9.17, 15) is 0 Å². The van der Waals surface area contributed by atoms with Crippen LogP contribution in [0, 0.1) is 0 Å². The highest BCUT2D eigenvalue weighted by molar-refractivity contribution is 6.39. The van der Waals surface area contributed by atoms with E-state index in [2.05, 4.69) is 194 Å². The first kappa shape index (κ1) is 29.0. The lowest BCUT2D eigenvalue weighted by Crippen LogP contribution is -1.87. The molecule has 0 aromatic heterocycles. The second-order valence-electron chi connectivity index (χ2n) is 13.9. The predicted octanol–water partition coefficient (Wildman–Crippen LogP) is 14.9. The topological polar surface area (TPSA) is 0 Å². The lowest BCUT2D eigenvalue weighted by molar-refractivity contribution is 1.78. The van der Waals surface area contributed by atoms with Gasteiger partial charge in [-0.05, 0) is 108 Å². The average Bonchev–Trinajstić information content (AvgIpc) is 3.22. The summed E-state index contributed by atoms with van der Waals surface area (Å²) in [7, 11) is 0. The number of hydrogen-bond acceptors (Lipinski definition) is 0. The Kier molecular flexibility index (Phi) is 6.35. The number of benzene rings is 10. The molecule has 0 nitrogen and oxygen atoms in total. The maximum Gasteiger partial charge on any atom is -0.00201 e. The van der Waals surface area contributed by atoms with Crippen molar-refractivity contribution < 1.29 is 0 Å². The highest BCUT2D eigenvalue weighted by Gasteiger charge is 2.15. The Morgan fingerprint density at radius 3 is 0.442 bits per heavy atom. The van der Waals surface area contributed by atoms with Crippen LogP contribution in [0.1, 0.15) is 0 Å². The van der Waals surface area contributed by atoms with Gasteiger partial charge in [0.25, 0.3) is 0 Å².